The largest absolute Gasteiger partial charge is 0.484 e. The first-order chi connectivity index (χ1) is 14.6. The molecule has 0 aliphatic carbocycles. The van der Waals surface area contributed by atoms with E-state index in [-0.39, 0.29) is 25.2 Å². The van der Waals surface area contributed by atoms with Gasteiger partial charge in [-0.1, -0.05) is 29.8 Å². The van der Waals surface area contributed by atoms with Crippen LogP contribution in [0.5, 0.6) is 5.75 Å². The molecule has 170 valence electrons. The molecule has 0 saturated carbocycles. The zero-order chi connectivity index (χ0) is 22.9. The fourth-order valence-corrected chi connectivity index (χ4v) is 3.68. The van der Waals surface area contributed by atoms with Gasteiger partial charge < -0.3 is 14.8 Å². The van der Waals surface area contributed by atoms with Crippen LogP contribution in [0.4, 0.5) is 5.69 Å². The summed E-state index contributed by atoms with van der Waals surface area (Å²) in [7, 11) is -3.47. The highest BCUT2D eigenvalue weighted by Gasteiger charge is 2.18. The van der Waals surface area contributed by atoms with Crippen LogP contribution in [-0.4, -0.2) is 46.4 Å². The van der Waals surface area contributed by atoms with Crippen molar-refractivity contribution < 1.29 is 22.7 Å². The van der Waals surface area contributed by atoms with Crippen LogP contribution in [0.3, 0.4) is 0 Å². The molecule has 8 heteroatoms. The molecule has 0 spiro atoms. The second-order valence-corrected chi connectivity index (χ2v) is 9.57. The lowest BCUT2D eigenvalue weighted by Crippen LogP contribution is -2.30. The average molecular weight is 449 g/mol. The third-order valence-corrected chi connectivity index (χ3v) is 5.58. The number of sulfonamides is 1. The van der Waals surface area contributed by atoms with E-state index >= 15 is 0 Å². The van der Waals surface area contributed by atoms with E-state index in [1.54, 1.807) is 24.3 Å². The minimum Gasteiger partial charge on any atom is -0.484 e. The highest BCUT2D eigenvalue weighted by Crippen LogP contribution is 2.24. The lowest BCUT2D eigenvalue weighted by Gasteiger charge is -2.23. The Labute approximate surface area is 185 Å². The Bertz CT molecular complexity index is 925. The summed E-state index contributed by atoms with van der Waals surface area (Å²) < 4.78 is 36.9. The van der Waals surface area contributed by atoms with E-state index in [0.29, 0.717) is 24.6 Å². The standard InChI is InChI=1S/C23H32N2O5S/c1-18(2)29-15-5-14-24-23(26)17-30-22-12-10-21(11-13-22)25(31(4,27)28)16-20-8-6-19(3)7-9-20/h6-13,18H,5,14-17H2,1-4H3,(H,24,26). The third kappa shape index (κ3) is 8.98. The van der Waals surface area contributed by atoms with Crippen LogP contribution in [-0.2, 0) is 26.1 Å². The van der Waals surface area contributed by atoms with Crippen LogP contribution in [0, 0.1) is 6.92 Å². The van der Waals surface area contributed by atoms with E-state index in [4.69, 9.17) is 9.47 Å². The van der Waals surface area contributed by atoms with Gasteiger partial charge >= 0.3 is 0 Å². The molecule has 7 nitrogen and oxygen atoms in total. The molecule has 0 aliphatic rings. The van der Waals surface area contributed by atoms with Crippen LogP contribution < -0.4 is 14.4 Å². The van der Waals surface area contributed by atoms with Crippen LogP contribution >= 0.6 is 0 Å². The Morgan fingerprint density at radius 1 is 1.06 bits per heavy atom. The molecular weight excluding hydrogens is 416 g/mol. The van der Waals surface area contributed by atoms with Gasteiger partial charge in [0.1, 0.15) is 5.75 Å². The van der Waals surface area contributed by atoms with Crippen LogP contribution in [0.2, 0.25) is 0 Å². The van der Waals surface area contributed by atoms with Crippen LogP contribution in [0.15, 0.2) is 48.5 Å². The molecule has 31 heavy (non-hydrogen) atoms. The average Bonchev–Trinajstić information content (AvgIpc) is 2.71. The van der Waals surface area contributed by atoms with E-state index in [1.165, 1.54) is 10.6 Å². The molecule has 0 saturated heterocycles. The number of carbonyl (C=O) groups is 1. The molecule has 1 N–H and O–H groups in total. The van der Waals surface area contributed by atoms with Crippen molar-refractivity contribution in [2.24, 2.45) is 0 Å². The summed E-state index contributed by atoms with van der Waals surface area (Å²) in [5.74, 6) is 0.275. The summed E-state index contributed by atoms with van der Waals surface area (Å²) >= 11 is 0. The van der Waals surface area contributed by atoms with Crippen molar-refractivity contribution in [3.05, 3.63) is 59.7 Å². The van der Waals surface area contributed by atoms with Gasteiger partial charge in [-0.15, -0.1) is 0 Å². The molecule has 0 aliphatic heterocycles. The molecule has 0 radical (unpaired) electrons. The summed E-state index contributed by atoms with van der Waals surface area (Å²) in [5.41, 5.74) is 2.54. The predicted octanol–water partition coefficient (Wildman–Crippen LogP) is 3.27. The Morgan fingerprint density at radius 2 is 1.71 bits per heavy atom. The van der Waals surface area contributed by atoms with Gasteiger partial charge in [-0.2, -0.15) is 0 Å². The molecule has 2 aromatic rings. The van der Waals surface area contributed by atoms with Crippen molar-refractivity contribution in [3.8, 4) is 5.75 Å². The molecule has 0 atom stereocenters. The number of aryl methyl sites for hydroxylation is 1. The number of nitrogens with one attached hydrogen (secondary N) is 1. The van der Waals surface area contributed by atoms with Gasteiger partial charge in [0.15, 0.2) is 6.61 Å². The Balaban J connectivity index is 1.89. The minimum atomic E-state index is -3.47. The van der Waals surface area contributed by atoms with Gasteiger partial charge in [-0.25, -0.2) is 8.42 Å². The Hall–Kier alpha value is -2.58. The molecule has 0 aromatic heterocycles. The zero-order valence-electron chi connectivity index (χ0n) is 18.6. The zero-order valence-corrected chi connectivity index (χ0v) is 19.4. The third-order valence-electron chi connectivity index (χ3n) is 4.44. The second-order valence-electron chi connectivity index (χ2n) is 7.66. The molecule has 0 unspecified atom stereocenters. The van der Waals surface area contributed by atoms with E-state index in [0.717, 1.165) is 17.5 Å². The van der Waals surface area contributed by atoms with Gasteiger partial charge in [-0.05, 0) is 57.0 Å². The van der Waals surface area contributed by atoms with Crippen molar-refractivity contribution in [2.45, 2.75) is 39.8 Å². The maximum absolute atomic E-state index is 12.3. The van der Waals surface area contributed by atoms with Crippen molar-refractivity contribution in [3.63, 3.8) is 0 Å². The molecule has 0 fully saturated rings. The quantitative estimate of drug-likeness (QED) is 0.504. The summed E-state index contributed by atoms with van der Waals surface area (Å²) in [6, 6.07) is 14.4. The van der Waals surface area contributed by atoms with Gasteiger partial charge in [0.2, 0.25) is 10.0 Å². The maximum Gasteiger partial charge on any atom is 0.257 e. The molecule has 1 amide bonds. The number of benzene rings is 2. The predicted molar refractivity (Wildman–Crippen MR) is 123 cm³/mol. The van der Waals surface area contributed by atoms with Gasteiger partial charge in [0.25, 0.3) is 5.91 Å². The van der Waals surface area contributed by atoms with Crippen molar-refractivity contribution >= 4 is 21.6 Å². The van der Waals surface area contributed by atoms with Gasteiger partial charge in [-0.3, -0.25) is 9.10 Å². The van der Waals surface area contributed by atoms with Gasteiger partial charge in [0, 0.05) is 13.2 Å². The molecule has 0 bridgehead atoms. The molecule has 2 rings (SSSR count). The van der Waals surface area contributed by atoms with Crippen LogP contribution in [0.1, 0.15) is 31.4 Å². The number of rotatable bonds is 12. The minimum absolute atomic E-state index is 0.108. The van der Waals surface area contributed by atoms with E-state index in [2.05, 4.69) is 5.32 Å². The number of hydrogen-bond donors (Lipinski definition) is 1. The van der Waals surface area contributed by atoms with Crippen molar-refractivity contribution in [2.75, 3.05) is 30.3 Å². The number of amides is 1. The summed E-state index contributed by atoms with van der Waals surface area (Å²) in [6.45, 7) is 7.17. The van der Waals surface area contributed by atoms with E-state index in [9.17, 15) is 13.2 Å². The van der Waals surface area contributed by atoms with Gasteiger partial charge in [0.05, 0.1) is 24.6 Å². The lowest BCUT2D eigenvalue weighted by atomic mass is 10.1. The van der Waals surface area contributed by atoms with E-state index in [1.807, 2.05) is 45.0 Å². The fraction of sp³-hybridized carbons (Fsp3) is 0.435. The first-order valence-corrected chi connectivity index (χ1v) is 12.1. The number of ether oxygens (including phenoxy) is 2. The van der Waals surface area contributed by atoms with E-state index < -0.39 is 10.0 Å². The Morgan fingerprint density at radius 3 is 2.29 bits per heavy atom. The summed E-state index contributed by atoms with van der Waals surface area (Å²) in [6.07, 6.45) is 2.10. The topological polar surface area (TPSA) is 84.9 Å². The maximum atomic E-state index is 12.3. The number of anilines is 1. The summed E-state index contributed by atoms with van der Waals surface area (Å²) in [4.78, 5) is 11.9. The molecule has 0 heterocycles. The number of hydrogen-bond acceptors (Lipinski definition) is 5. The SMILES string of the molecule is Cc1ccc(CN(c2ccc(OCC(=O)NCCCOC(C)C)cc2)S(C)(=O)=O)cc1. The highest BCUT2D eigenvalue weighted by atomic mass is 32.2. The Kier molecular flexibility index (Phi) is 9.33. The first kappa shape index (κ1) is 24.7. The first-order valence-electron chi connectivity index (χ1n) is 10.3. The monoisotopic (exact) mass is 448 g/mol. The fourth-order valence-electron chi connectivity index (χ4n) is 2.79. The second kappa shape index (κ2) is 11.7. The highest BCUT2D eigenvalue weighted by molar-refractivity contribution is 7.92. The molecular formula is C23H32N2O5S. The normalized spacial score (nSPS) is 11.4. The number of carbonyl (C=O) groups excluding carboxylic acids is 1. The molecule has 2 aromatic carbocycles. The number of nitrogens with zero attached hydrogens (tertiary/aromatic N) is 1. The van der Waals surface area contributed by atoms with Crippen LogP contribution in [0.25, 0.3) is 0 Å². The van der Waals surface area contributed by atoms with Crippen molar-refractivity contribution in [1.29, 1.82) is 0 Å². The van der Waals surface area contributed by atoms with Crippen molar-refractivity contribution in [1.82, 2.24) is 5.32 Å². The smallest absolute Gasteiger partial charge is 0.257 e. The summed E-state index contributed by atoms with van der Waals surface area (Å²) in [5, 5.41) is 2.78. The lowest BCUT2D eigenvalue weighted by molar-refractivity contribution is -0.123.